The largest absolute Gasteiger partial charge is 0.397 e. The molecule has 0 aromatic rings. The van der Waals surface area contributed by atoms with Gasteiger partial charge in [0, 0.05) is 81.5 Å². The van der Waals surface area contributed by atoms with Gasteiger partial charge in [-0.05, 0) is 145 Å². The van der Waals surface area contributed by atoms with Gasteiger partial charge < -0.3 is 64.8 Å². The van der Waals surface area contributed by atoms with Crippen LogP contribution in [0, 0.1) is 40.9 Å². The molecular weight excluding hydrogens is 1450 g/mol. The van der Waals surface area contributed by atoms with Crippen LogP contribution in [0.2, 0.25) is 0 Å². The Morgan fingerprint density at radius 2 is 1.23 bits per heavy atom. The zero-order chi connectivity index (χ0) is 81.6. The molecule has 25 nitrogen and oxygen atoms in total. The Kier molecular flexibility index (Phi) is 29.5. The molecule has 3 heterocycles. The minimum absolute atomic E-state index is 0.00161. The number of fused-ring (bicyclic) bond motifs is 3. The molecule has 0 radical (unpaired) electrons. The second kappa shape index (κ2) is 36.7. The van der Waals surface area contributed by atoms with Gasteiger partial charge in [0.25, 0.3) is 0 Å². The van der Waals surface area contributed by atoms with Crippen LogP contribution in [-0.4, -0.2) is 288 Å². The predicted octanol–water partition coefficient (Wildman–Crippen LogP) is 6.88. The SMILES string of the molecule is CCC[C@H]1C(=O)N[C@@H]([C@@H](C)CC)C(=O)N(C2CC2)CC(=O)N(C)[C@H]2C/C=C\CCN(C2=O)[C@@H](CC2CCC(C(F)(F)F)CC2)C(=O)N(C)CC(=O)N[C@@H](CCC2CC(F)C(C(F)(F)F)C(F)C2)C(=O)N2C[C@H](OCC)C[C@H]2C(=O)NC2(CC(C)(C)C2)C(=O)N(C)[C@@H](CC2CC2)C(=O)N(C)[C@H](C(=O)N(C)C)CC(=O)N1C. The summed E-state index contributed by atoms with van der Waals surface area (Å²) in [6.45, 7) is 8.87. The van der Waals surface area contributed by atoms with E-state index >= 15 is 42.3 Å². The number of hydrogen-bond acceptors (Lipinski definition) is 13. The molecule has 620 valence electrons. The lowest BCUT2D eigenvalue weighted by Crippen LogP contribution is -2.71. The van der Waals surface area contributed by atoms with Gasteiger partial charge in [0.1, 0.15) is 78.7 Å². The summed E-state index contributed by atoms with van der Waals surface area (Å²) in [5, 5.41) is 8.52. The summed E-state index contributed by atoms with van der Waals surface area (Å²) >= 11 is 0. The van der Waals surface area contributed by atoms with Crippen molar-refractivity contribution in [3.05, 3.63) is 12.2 Å². The Labute approximate surface area is 641 Å². The topological polar surface area (TPSA) is 279 Å². The second-order valence-electron chi connectivity index (χ2n) is 33.7. The number of hydrogen-bond donors (Lipinski definition) is 3. The standard InChI is InChI=1S/C77H118F8N12O13/c1-14-20-54-65(101)87-64(44(4)15-2)72(108)96(49-29-30-49)41-62(100)92(11)55-21-18-17-19-32-95(71(55)107)59(36-46-24-27-48(28-25-46)76(80,81)82)69(105)90(9)40-60(98)86-53(31-26-47-33-51(78)63(52(79)34-47)77(83,84)85)67(103)97-39-50(110-16-3)37-56(97)66(102)88-75(42-74(5,6)43-75)73(109)94(13)57(35-45-22-23-45)70(106)93(12)58(68(104)89(7)8)38-61(99)91(54)10/h17-18,44-59,63-64H,14-16,19-43H2,1-13H3,(H,86,98)(H,87,101)(H,88,102)/b18-17-/t44-,46?,47?,48?,50+,51?,52?,53-,54-,55-,56-,57-,58-,59-,63?,64-/m0/s1. The lowest BCUT2D eigenvalue weighted by molar-refractivity contribution is -0.219. The number of halogens is 8. The predicted molar refractivity (Wildman–Crippen MR) is 388 cm³/mol. The summed E-state index contributed by atoms with van der Waals surface area (Å²) in [6, 6.07) is -11.8. The minimum atomic E-state index is -5.22. The van der Waals surface area contributed by atoms with Gasteiger partial charge in [-0.2, -0.15) is 26.3 Å². The quantitative estimate of drug-likeness (QED) is 0.111. The highest BCUT2D eigenvalue weighted by atomic mass is 19.4. The summed E-state index contributed by atoms with van der Waals surface area (Å²) in [4.78, 5) is 193. The van der Waals surface area contributed by atoms with Gasteiger partial charge in [-0.15, -0.1) is 0 Å². The summed E-state index contributed by atoms with van der Waals surface area (Å²) in [6.07, 6.45) is -13.1. The molecule has 12 atom stereocenters. The zero-order valence-corrected chi connectivity index (χ0v) is 66.2. The van der Waals surface area contributed by atoms with Gasteiger partial charge in [0.15, 0.2) is 0 Å². The Morgan fingerprint density at radius 3 is 1.77 bits per heavy atom. The van der Waals surface area contributed by atoms with Gasteiger partial charge in [-0.25, -0.2) is 8.78 Å². The fourth-order valence-electron chi connectivity index (χ4n) is 17.6. The van der Waals surface area contributed by atoms with Crippen LogP contribution in [0.15, 0.2) is 12.2 Å². The molecule has 2 saturated heterocycles. The number of carbonyl (C=O) groups is 12. The third-order valence-electron chi connectivity index (χ3n) is 24.4. The van der Waals surface area contributed by atoms with Gasteiger partial charge >= 0.3 is 12.4 Å². The average molecular weight is 1570 g/mol. The first-order valence-electron chi connectivity index (χ1n) is 39.5. The molecule has 2 bridgehead atoms. The van der Waals surface area contributed by atoms with E-state index in [1.807, 2.05) is 13.8 Å². The number of amides is 12. The molecule has 5 aliphatic carbocycles. The molecule has 8 aliphatic rings. The van der Waals surface area contributed by atoms with E-state index in [-0.39, 0.29) is 109 Å². The summed E-state index contributed by atoms with van der Waals surface area (Å²) in [5.74, 6) is -16.2. The maximum absolute atomic E-state index is 15.6. The van der Waals surface area contributed by atoms with Crippen molar-refractivity contribution >= 4 is 70.9 Å². The van der Waals surface area contributed by atoms with Crippen LogP contribution in [0.1, 0.15) is 189 Å². The van der Waals surface area contributed by atoms with E-state index in [9.17, 15) is 50.3 Å². The normalized spacial score (nSPS) is 32.5. The fourth-order valence-corrected chi connectivity index (χ4v) is 17.6. The smallest absolute Gasteiger partial charge is 0.377 e. The lowest BCUT2D eigenvalue weighted by atomic mass is 9.58. The molecule has 8 rings (SSSR count). The second-order valence-corrected chi connectivity index (χ2v) is 33.7. The molecule has 110 heavy (non-hydrogen) atoms. The van der Waals surface area contributed by atoms with Gasteiger partial charge in [-0.1, -0.05) is 72.5 Å². The minimum Gasteiger partial charge on any atom is -0.377 e. The van der Waals surface area contributed by atoms with E-state index in [0.717, 1.165) is 19.6 Å². The monoisotopic (exact) mass is 1570 g/mol. The maximum Gasteiger partial charge on any atom is 0.397 e. The summed E-state index contributed by atoms with van der Waals surface area (Å²) < 4.78 is 122. The molecule has 2 unspecified atom stereocenters. The number of nitrogens with one attached hydrogen (secondary N) is 3. The number of ether oxygens (including phenoxy) is 1. The lowest BCUT2D eigenvalue weighted by Gasteiger charge is -2.54. The molecule has 5 saturated carbocycles. The Balaban J connectivity index is 1.21. The van der Waals surface area contributed by atoms with E-state index in [0.29, 0.717) is 38.5 Å². The highest BCUT2D eigenvalue weighted by Gasteiger charge is 2.60. The van der Waals surface area contributed by atoms with Crippen LogP contribution < -0.4 is 16.0 Å². The number of nitrogens with zero attached hydrogens (tertiary/aromatic N) is 9. The molecule has 0 aromatic heterocycles. The van der Waals surface area contributed by atoms with Gasteiger partial charge in [-0.3, -0.25) is 57.5 Å². The first kappa shape index (κ1) is 88.3. The Hall–Kier alpha value is -7.22. The molecule has 3 aliphatic heterocycles. The summed E-state index contributed by atoms with van der Waals surface area (Å²) in [7, 11) is 9.57. The van der Waals surface area contributed by atoms with E-state index in [1.165, 1.54) is 73.8 Å². The van der Waals surface area contributed by atoms with Crippen molar-refractivity contribution in [1.82, 2.24) is 60.0 Å². The molecule has 33 heteroatoms. The van der Waals surface area contributed by atoms with Gasteiger partial charge in [0.05, 0.1) is 25.0 Å². The van der Waals surface area contributed by atoms with Crippen LogP contribution in [0.5, 0.6) is 0 Å². The van der Waals surface area contributed by atoms with Crippen molar-refractivity contribution in [2.75, 3.05) is 82.1 Å². The van der Waals surface area contributed by atoms with Crippen molar-refractivity contribution in [1.29, 1.82) is 0 Å². The highest BCUT2D eigenvalue weighted by molar-refractivity contribution is 6.01. The zero-order valence-electron chi connectivity index (χ0n) is 66.2. The Morgan fingerprint density at radius 1 is 0.618 bits per heavy atom. The fraction of sp³-hybridized carbons (Fsp3) is 0.818. The molecular formula is C77H118F8N12O13. The van der Waals surface area contributed by atoms with E-state index in [2.05, 4.69) is 16.0 Å². The molecule has 12 amide bonds. The highest BCUT2D eigenvalue weighted by Crippen LogP contribution is 2.50. The van der Waals surface area contributed by atoms with E-state index in [4.69, 9.17) is 4.74 Å². The number of alkyl halides is 8. The van der Waals surface area contributed by atoms with Crippen molar-refractivity contribution in [3.8, 4) is 0 Å². The van der Waals surface area contributed by atoms with E-state index < -0.39 is 235 Å². The molecule has 7 fully saturated rings. The average Bonchev–Trinajstić information content (AvgIpc) is 1.45. The van der Waals surface area contributed by atoms with Crippen LogP contribution in [0.25, 0.3) is 0 Å². The van der Waals surface area contributed by atoms with Crippen LogP contribution in [0.4, 0.5) is 35.1 Å². The van der Waals surface area contributed by atoms with Crippen molar-refractivity contribution < 1.29 is 97.4 Å². The maximum atomic E-state index is 15.6. The number of likely N-dealkylation sites (N-methyl/N-ethyl adjacent to an activating group) is 6. The molecule has 1 spiro atoms. The number of carbonyl (C=O) groups excluding carboxylic acids is 12. The van der Waals surface area contributed by atoms with Crippen molar-refractivity contribution in [3.63, 3.8) is 0 Å². The molecule has 0 aromatic carbocycles. The van der Waals surface area contributed by atoms with Crippen LogP contribution in [0.3, 0.4) is 0 Å². The Bertz CT molecular complexity index is 3350. The van der Waals surface area contributed by atoms with Crippen molar-refractivity contribution in [2.24, 2.45) is 40.9 Å². The third kappa shape index (κ3) is 21.4. The van der Waals surface area contributed by atoms with Crippen LogP contribution in [-0.2, 0) is 62.3 Å². The van der Waals surface area contributed by atoms with Crippen LogP contribution >= 0.6 is 0 Å². The number of rotatable bonds is 15. The first-order chi connectivity index (χ1) is 51.5. The summed E-state index contributed by atoms with van der Waals surface area (Å²) in [5.41, 5.74) is -2.36. The van der Waals surface area contributed by atoms with E-state index in [1.54, 1.807) is 39.8 Å². The molecule has 3 N–H and O–H groups in total. The third-order valence-corrected chi connectivity index (χ3v) is 24.4. The first-order valence-corrected chi connectivity index (χ1v) is 39.5. The van der Waals surface area contributed by atoms with Crippen molar-refractivity contribution in [2.45, 2.75) is 280 Å². The van der Waals surface area contributed by atoms with Gasteiger partial charge in [0.2, 0.25) is 70.9 Å².